The third kappa shape index (κ3) is 1.45. The number of hydrogen-bond donors (Lipinski definition) is 1. The number of nitrogens with one attached hydrogen (secondary N) is 1. The van der Waals surface area contributed by atoms with Crippen molar-refractivity contribution in [2.45, 2.75) is 13.8 Å². The zero-order valence-electron chi connectivity index (χ0n) is 6.65. The second-order valence-electron chi connectivity index (χ2n) is 2.34. The molecule has 0 saturated carbocycles. The molecule has 0 radical (unpaired) electrons. The summed E-state index contributed by atoms with van der Waals surface area (Å²) in [5.41, 5.74) is 2.60. The smallest absolute Gasteiger partial charge is 0.0527 e. The average molecular weight is 138 g/mol. The van der Waals surface area contributed by atoms with Crippen LogP contribution in [0, 0.1) is 0 Å². The highest BCUT2D eigenvalue weighted by Crippen LogP contribution is 2.02. The van der Waals surface area contributed by atoms with Crippen LogP contribution in [0.1, 0.15) is 13.8 Å². The second kappa shape index (κ2) is 3.52. The van der Waals surface area contributed by atoms with Gasteiger partial charge in [0.25, 0.3) is 0 Å². The first-order chi connectivity index (χ1) is 4.88. The Hall–Kier alpha value is -0.630. The molecule has 1 fully saturated rings. The van der Waals surface area contributed by atoms with E-state index in [2.05, 4.69) is 30.2 Å². The van der Waals surface area contributed by atoms with Crippen molar-refractivity contribution in [1.29, 1.82) is 0 Å². The summed E-state index contributed by atoms with van der Waals surface area (Å²) in [6.07, 6.45) is 2.13. The monoisotopic (exact) mass is 138 g/mol. The van der Waals surface area contributed by atoms with Gasteiger partial charge >= 0.3 is 0 Å². The normalized spacial score (nSPS) is 26.6. The molecule has 1 aliphatic heterocycles. The molecule has 56 valence electrons. The van der Waals surface area contributed by atoms with Gasteiger partial charge in [-0.25, -0.2) is 0 Å². The third-order valence-electron chi connectivity index (χ3n) is 1.68. The first kappa shape index (κ1) is 7.48. The third-order valence-corrected chi connectivity index (χ3v) is 1.68. The van der Waals surface area contributed by atoms with Crippen molar-refractivity contribution in [2.75, 3.05) is 19.6 Å². The van der Waals surface area contributed by atoms with Crippen LogP contribution in [0.25, 0.3) is 0 Å². The maximum absolute atomic E-state index is 4.36. The van der Waals surface area contributed by atoms with Crippen LogP contribution in [0.2, 0.25) is 0 Å². The van der Waals surface area contributed by atoms with E-state index >= 15 is 0 Å². The van der Waals surface area contributed by atoms with Gasteiger partial charge in [0.05, 0.1) is 5.71 Å². The van der Waals surface area contributed by atoms with E-state index in [4.69, 9.17) is 0 Å². The molecule has 1 rings (SSSR count). The molecular formula is C8H14N2. The van der Waals surface area contributed by atoms with Crippen LogP contribution in [0.3, 0.4) is 0 Å². The van der Waals surface area contributed by atoms with Gasteiger partial charge in [0.15, 0.2) is 0 Å². The van der Waals surface area contributed by atoms with Gasteiger partial charge in [0, 0.05) is 19.6 Å². The van der Waals surface area contributed by atoms with E-state index in [-0.39, 0.29) is 0 Å². The average Bonchev–Trinajstić information content (AvgIpc) is 2.36. The van der Waals surface area contributed by atoms with Crippen LogP contribution in [-0.2, 0) is 0 Å². The van der Waals surface area contributed by atoms with Crippen molar-refractivity contribution in [2.24, 2.45) is 4.99 Å². The summed E-state index contributed by atoms with van der Waals surface area (Å²) in [5, 5.41) is 3.26. The lowest BCUT2D eigenvalue weighted by atomic mass is 10.2. The van der Waals surface area contributed by atoms with Crippen LogP contribution >= 0.6 is 0 Å². The molecule has 0 bridgehead atoms. The summed E-state index contributed by atoms with van der Waals surface area (Å²) in [4.78, 5) is 4.36. The van der Waals surface area contributed by atoms with Crippen molar-refractivity contribution < 1.29 is 0 Å². The Labute approximate surface area is 62.0 Å². The lowest BCUT2D eigenvalue weighted by molar-refractivity contribution is 0.905. The molecule has 1 aliphatic rings. The summed E-state index contributed by atoms with van der Waals surface area (Å²) < 4.78 is 0. The molecule has 1 N–H and O–H groups in total. The molecule has 1 heterocycles. The SMILES string of the molecule is C/C=C1/CNCC1=NCC. The molecule has 0 spiro atoms. The molecule has 0 aliphatic carbocycles. The zero-order valence-corrected chi connectivity index (χ0v) is 6.65. The van der Waals surface area contributed by atoms with Crippen LogP contribution in [-0.4, -0.2) is 25.3 Å². The fraction of sp³-hybridized carbons (Fsp3) is 0.625. The highest BCUT2D eigenvalue weighted by Gasteiger charge is 2.11. The van der Waals surface area contributed by atoms with E-state index < -0.39 is 0 Å². The van der Waals surface area contributed by atoms with E-state index in [9.17, 15) is 0 Å². The molecule has 0 atom stereocenters. The number of aliphatic imine (C=N–C) groups is 1. The fourth-order valence-electron chi connectivity index (χ4n) is 1.15. The minimum atomic E-state index is 0.897. The minimum Gasteiger partial charge on any atom is -0.307 e. The van der Waals surface area contributed by atoms with Gasteiger partial charge in [-0.05, 0) is 19.4 Å². The molecule has 10 heavy (non-hydrogen) atoms. The summed E-state index contributed by atoms with van der Waals surface area (Å²) in [6.45, 7) is 6.98. The quantitative estimate of drug-likeness (QED) is 0.574. The van der Waals surface area contributed by atoms with Gasteiger partial charge in [-0.2, -0.15) is 0 Å². The summed E-state index contributed by atoms with van der Waals surface area (Å²) in [6, 6.07) is 0. The van der Waals surface area contributed by atoms with Crippen molar-refractivity contribution in [3.8, 4) is 0 Å². The first-order valence-corrected chi connectivity index (χ1v) is 3.78. The Kier molecular flexibility index (Phi) is 2.63. The van der Waals surface area contributed by atoms with Crippen LogP contribution < -0.4 is 5.32 Å². The maximum atomic E-state index is 4.36. The Morgan fingerprint density at radius 1 is 1.60 bits per heavy atom. The second-order valence-corrected chi connectivity index (χ2v) is 2.34. The summed E-state index contributed by atoms with van der Waals surface area (Å²) >= 11 is 0. The maximum Gasteiger partial charge on any atom is 0.0527 e. The summed E-state index contributed by atoms with van der Waals surface area (Å²) in [5.74, 6) is 0. The van der Waals surface area contributed by atoms with E-state index in [0.717, 1.165) is 19.6 Å². The molecule has 0 aromatic heterocycles. The Balaban J connectivity index is 2.68. The Morgan fingerprint density at radius 3 is 3.00 bits per heavy atom. The van der Waals surface area contributed by atoms with Crippen molar-refractivity contribution in [1.82, 2.24) is 5.32 Å². The van der Waals surface area contributed by atoms with E-state index in [0.29, 0.717) is 0 Å². The van der Waals surface area contributed by atoms with Crippen molar-refractivity contribution >= 4 is 5.71 Å². The number of nitrogens with zero attached hydrogens (tertiary/aromatic N) is 1. The van der Waals surface area contributed by atoms with Crippen LogP contribution in [0.5, 0.6) is 0 Å². The number of hydrogen-bond acceptors (Lipinski definition) is 2. The predicted molar refractivity (Wildman–Crippen MR) is 44.6 cm³/mol. The van der Waals surface area contributed by atoms with E-state index in [1.54, 1.807) is 0 Å². The van der Waals surface area contributed by atoms with Gasteiger partial charge < -0.3 is 5.32 Å². The summed E-state index contributed by atoms with van der Waals surface area (Å²) in [7, 11) is 0. The van der Waals surface area contributed by atoms with Crippen molar-refractivity contribution in [3.63, 3.8) is 0 Å². The van der Waals surface area contributed by atoms with Gasteiger partial charge in [-0.15, -0.1) is 0 Å². The van der Waals surface area contributed by atoms with Gasteiger partial charge in [0.2, 0.25) is 0 Å². The minimum absolute atomic E-state index is 0.897. The van der Waals surface area contributed by atoms with E-state index in [1.807, 2.05) is 0 Å². The van der Waals surface area contributed by atoms with Gasteiger partial charge in [-0.3, -0.25) is 4.99 Å². The molecule has 0 unspecified atom stereocenters. The van der Waals surface area contributed by atoms with Crippen LogP contribution in [0.15, 0.2) is 16.6 Å². The lowest BCUT2D eigenvalue weighted by Crippen LogP contribution is -2.08. The molecule has 2 nitrogen and oxygen atoms in total. The molecule has 0 aromatic carbocycles. The standard InChI is InChI=1S/C8H14N2/c1-3-7-5-9-6-8(7)10-4-2/h3,9H,4-6H2,1-2H3/b7-3-,10-8?. The molecule has 0 aromatic rings. The predicted octanol–water partition coefficient (Wildman–Crippen LogP) is 0.997. The largest absolute Gasteiger partial charge is 0.307 e. The fourth-order valence-corrected chi connectivity index (χ4v) is 1.15. The van der Waals surface area contributed by atoms with Gasteiger partial charge in [0.1, 0.15) is 0 Å². The lowest BCUT2D eigenvalue weighted by Gasteiger charge is -1.94. The zero-order chi connectivity index (χ0) is 7.40. The Bertz CT molecular complexity index is 168. The van der Waals surface area contributed by atoms with E-state index in [1.165, 1.54) is 11.3 Å². The molecule has 1 saturated heterocycles. The molecule has 0 amide bonds. The van der Waals surface area contributed by atoms with Crippen LogP contribution in [0.4, 0.5) is 0 Å². The van der Waals surface area contributed by atoms with Crippen molar-refractivity contribution in [3.05, 3.63) is 11.6 Å². The molecular weight excluding hydrogens is 124 g/mol. The number of rotatable bonds is 1. The highest BCUT2D eigenvalue weighted by atomic mass is 14.9. The Morgan fingerprint density at radius 2 is 2.40 bits per heavy atom. The highest BCUT2D eigenvalue weighted by molar-refractivity contribution is 6.03. The topological polar surface area (TPSA) is 24.4 Å². The van der Waals surface area contributed by atoms with Gasteiger partial charge in [-0.1, -0.05) is 6.08 Å². The first-order valence-electron chi connectivity index (χ1n) is 3.78. The molecule has 2 heteroatoms. The number of allylic oxidation sites excluding steroid dienone is 1.